The third-order valence-electron chi connectivity index (χ3n) is 16.7. The van der Waals surface area contributed by atoms with Crippen molar-refractivity contribution in [3.63, 3.8) is 0 Å². The Hall–Kier alpha value is -1.09. The Morgan fingerprint density at radius 1 is 0.405 bits per heavy atom. The van der Waals surface area contributed by atoms with Crippen LogP contribution < -0.4 is 0 Å². The van der Waals surface area contributed by atoms with Crippen LogP contribution in [0.3, 0.4) is 0 Å². The van der Waals surface area contributed by atoms with Gasteiger partial charge in [0.25, 0.3) is 11.8 Å². The molecule has 2 aliphatic heterocycles. The Labute approximate surface area is 521 Å². The van der Waals surface area contributed by atoms with Crippen LogP contribution in [0.1, 0.15) is 294 Å². The predicted molar refractivity (Wildman–Crippen MR) is 364 cm³/mol. The number of fused-ring (bicyclic) bond motifs is 3. The molecule has 1 radical (unpaired) electrons. The zero-order chi connectivity index (χ0) is 56.5. The number of amides is 2. The molecule has 0 aliphatic carbocycles. The molecular formula is C66H103BBr2N3O2S5. The minimum absolute atomic E-state index is 0.0602. The number of rotatable bonds is 46. The summed E-state index contributed by atoms with van der Waals surface area (Å²) in [6, 6.07) is 9.03. The summed E-state index contributed by atoms with van der Waals surface area (Å²) in [6.07, 6.45) is 52.2. The van der Waals surface area contributed by atoms with Crippen molar-refractivity contribution < 1.29 is 9.59 Å². The second kappa shape index (κ2) is 41.0. The van der Waals surface area contributed by atoms with E-state index in [-0.39, 0.29) is 11.8 Å². The number of hydrogen-bond acceptors (Lipinski definition) is 8. The molecular weight excluding hydrogens is 1200 g/mol. The van der Waals surface area contributed by atoms with Crippen LogP contribution in [-0.4, -0.2) is 42.3 Å². The molecule has 6 heterocycles. The first kappa shape index (κ1) is 68.7. The van der Waals surface area contributed by atoms with E-state index in [0.29, 0.717) is 36.1 Å². The number of carbonyl (C=O) groups excluding carboxylic acids is 2. The molecule has 4 aromatic rings. The summed E-state index contributed by atoms with van der Waals surface area (Å²) in [5.74, 6) is 0.925. The van der Waals surface area contributed by atoms with Crippen LogP contribution in [0.15, 0.2) is 47.3 Å². The molecule has 0 fully saturated rings. The summed E-state index contributed by atoms with van der Waals surface area (Å²) in [5, 5.41) is 0. The van der Waals surface area contributed by atoms with Crippen LogP contribution in [0, 0.1) is 11.8 Å². The van der Waals surface area contributed by atoms with Gasteiger partial charge in [0, 0.05) is 31.9 Å². The zero-order valence-electron chi connectivity index (χ0n) is 49.7. The van der Waals surface area contributed by atoms with Crippen LogP contribution in [0.2, 0.25) is 0 Å². The molecule has 0 aromatic carbocycles. The van der Waals surface area contributed by atoms with Crippen molar-refractivity contribution in [3.8, 4) is 0 Å². The number of unbranched alkanes of at least 4 members (excludes halogenated alkanes) is 32. The molecule has 6 rings (SSSR count). The molecule has 0 saturated carbocycles. The van der Waals surface area contributed by atoms with Crippen molar-refractivity contribution in [2.75, 3.05) is 13.1 Å². The Morgan fingerprint density at radius 3 is 0.873 bits per heavy atom. The van der Waals surface area contributed by atoms with E-state index in [1.54, 1.807) is 45.3 Å². The molecule has 441 valence electrons. The first-order valence-electron chi connectivity index (χ1n) is 32.2. The SMILES string of the molecule is CCCCCCCCCCCCC(CCCCCCCCCC)CN1C(=O)C2=C(c3cc4sc(Br)cc4s3)N(CC(CCCCCCCCCC)CCCCCCCCCCCC)C(=O)C2=C1c1cc2sc(Br)cc2s1.[B]=NS. The van der Waals surface area contributed by atoms with Gasteiger partial charge in [-0.15, -0.1) is 45.3 Å². The topological polar surface area (TPSA) is 53.0 Å². The maximum absolute atomic E-state index is 15.9. The molecule has 2 aliphatic rings. The van der Waals surface area contributed by atoms with Gasteiger partial charge in [-0.3, -0.25) is 9.59 Å². The van der Waals surface area contributed by atoms with E-state index in [1.807, 2.05) is 0 Å². The molecule has 0 saturated heterocycles. The van der Waals surface area contributed by atoms with Gasteiger partial charge in [0.1, 0.15) is 0 Å². The zero-order valence-corrected chi connectivity index (χ0v) is 57.1. The van der Waals surface area contributed by atoms with E-state index in [1.165, 1.54) is 250 Å². The molecule has 0 spiro atoms. The van der Waals surface area contributed by atoms with Crippen LogP contribution in [0.5, 0.6) is 0 Å². The molecule has 4 aromatic heterocycles. The van der Waals surface area contributed by atoms with Crippen molar-refractivity contribution >= 4 is 140 Å². The first-order valence-corrected chi connectivity index (χ1v) is 37.5. The number of halogens is 2. The molecule has 13 heteroatoms. The summed E-state index contributed by atoms with van der Waals surface area (Å²) in [4.78, 5) is 38.2. The van der Waals surface area contributed by atoms with Crippen LogP contribution in [0.25, 0.3) is 30.2 Å². The number of nitrogens with zero attached hydrogens (tertiary/aromatic N) is 3. The molecule has 0 bridgehead atoms. The summed E-state index contributed by atoms with van der Waals surface area (Å²) in [7, 11) is 4.34. The third-order valence-corrected chi connectivity index (χ3v) is 22.4. The molecule has 2 amide bonds. The molecule has 79 heavy (non-hydrogen) atoms. The van der Waals surface area contributed by atoms with Gasteiger partial charge in [-0.25, -0.2) is 0 Å². The average molecular weight is 1300 g/mol. The van der Waals surface area contributed by atoms with E-state index in [2.05, 4.69) is 118 Å². The quantitative estimate of drug-likeness (QED) is 0.0272. The Balaban J connectivity index is 0.00000374. The van der Waals surface area contributed by atoms with Gasteiger partial charge in [0.05, 0.1) is 39.9 Å². The Kier molecular flexibility index (Phi) is 35.7. The summed E-state index contributed by atoms with van der Waals surface area (Å²) in [5.41, 5.74) is 3.16. The molecule has 5 nitrogen and oxygen atoms in total. The minimum atomic E-state index is 0.0602. The second-order valence-electron chi connectivity index (χ2n) is 23.4. The van der Waals surface area contributed by atoms with Crippen molar-refractivity contribution in [2.45, 2.75) is 285 Å². The molecule has 2 atom stereocenters. The predicted octanol–water partition coefficient (Wildman–Crippen LogP) is 24.7. The molecule has 0 N–H and O–H groups in total. The van der Waals surface area contributed by atoms with Crippen LogP contribution in [-0.2, 0) is 9.59 Å². The summed E-state index contributed by atoms with van der Waals surface area (Å²) < 4.78 is 9.83. The number of thiophene rings is 4. The Morgan fingerprint density at radius 2 is 0.633 bits per heavy atom. The second-order valence-corrected chi connectivity index (χ2v) is 30.7. The third kappa shape index (κ3) is 23.7. The standard InChI is InChI=1S/C66H102Br2N2O2S4.BHNS/c1-5-9-13-17-21-25-27-31-35-39-43-51(41-37-33-29-23-19-15-11-7-3)49-69-63(57-45-53-55(73-57)47-59(67)75-53)61-62(65(69)71)64(58-46-54-56(74-58)48-60(68)76-54)70(66(61)72)50-52(42-38-34-30-24-20-16-12-8-4)44-40-36-32-28-26-22-18-14-10-6-2;1-2-3/h45-48,51-52H,5-44,49-50H2,1-4H3;3H. The van der Waals surface area contributed by atoms with Crippen molar-refractivity contribution in [3.05, 3.63) is 52.7 Å². The first-order chi connectivity index (χ1) is 38.7. The fourth-order valence-electron chi connectivity index (χ4n) is 12.2. The van der Waals surface area contributed by atoms with Gasteiger partial charge < -0.3 is 9.80 Å². The number of thiol groups is 1. The van der Waals surface area contributed by atoms with E-state index < -0.39 is 0 Å². The van der Waals surface area contributed by atoms with Crippen LogP contribution >= 0.6 is 90.0 Å². The fraction of sp³-hybridized carbons (Fsp3) is 0.727. The maximum atomic E-state index is 15.9. The van der Waals surface area contributed by atoms with Gasteiger partial charge in [0.2, 0.25) is 0 Å². The van der Waals surface area contributed by atoms with Gasteiger partial charge in [-0.2, -0.15) is 0 Å². The fourth-order valence-corrected chi connectivity index (χ4v) is 18.4. The number of hydrogen-bond donors (Lipinski definition) is 1. The van der Waals surface area contributed by atoms with E-state index >= 15 is 9.59 Å². The van der Waals surface area contributed by atoms with Gasteiger partial charge in [-0.1, -0.05) is 259 Å². The monoisotopic (exact) mass is 1300 g/mol. The van der Waals surface area contributed by atoms with Gasteiger partial charge in [0.15, 0.2) is 0 Å². The van der Waals surface area contributed by atoms with Crippen LogP contribution in [0.4, 0.5) is 0 Å². The number of carbonyl (C=O) groups is 2. The van der Waals surface area contributed by atoms with E-state index in [4.69, 9.17) is 0 Å². The Bertz CT molecular complexity index is 2180. The normalized spacial score (nSPS) is 14.5. The summed E-state index contributed by atoms with van der Waals surface area (Å²) >= 11 is 17.8. The summed E-state index contributed by atoms with van der Waals surface area (Å²) in [6.45, 7) is 10.6. The molecule has 2 unspecified atom stereocenters. The van der Waals surface area contributed by atoms with Gasteiger partial charge >= 0.3 is 24.8 Å². The van der Waals surface area contributed by atoms with E-state index in [0.717, 1.165) is 54.4 Å². The average Bonchev–Trinajstić information content (AvgIpc) is 4.46. The van der Waals surface area contributed by atoms with E-state index in [9.17, 15) is 0 Å². The van der Waals surface area contributed by atoms with Crippen molar-refractivity contribution in [1.82, 2.24) is 9.80 Å². The van der Waals surface area contributed by atoms with Gasteiger partial charge in [-0.05, 0) is 93.6 Å². The van der Waals surface area contributed by atoms with Crippen molar-refractivity contribution in [2.24, 2.45) is 16.1 Å². The van der Waals surface area contributed by atoms with Crippen molar-refractivity contribution in [1.29, 1.82) is 0 Å².